The van der Waals surface area contributed by atoms with Crippen LogP contribution in [0.5, 0.6) is 11.5 Å². The summed E-state index contributed by atoms with van der Waals surface area (Å²) in [6.07, 6.45) is 1.59. The van der Waals surface area contributed by atoms with Crippen molar-refractivity contribution in [1.29, 1.82) is 0 Å². The van der Waals surface area contributed by atoms with Crippen LogP contribution in [0.1, 0.15) is 34.0 Å². The third-order valence-corrected chi connectivity index (χ3v) is 6.19. The fourth-order valence-electron chi connectivity index (χ4n) is 4.18. The molecule has 5 aromatic rings. The second-order valence-electron chi connectivity index (χ2n) is 9.05. The maximum atomic E-state index is 13.2. The van der Waals surface area contributed by atoms with Gasteiger partial charge in [-0.05, 0) is 55.3 Å². The molecule has 1 N–H and O–H groups in total. The van der Waals surface area contributed by atoms with Crippen LogP contribution < -0.4 is 14.9 Å². The van der Waals surface area contributed by atoms with Gasteiger partial charge in [-0.25, -0.2) is 10.4 Å². The van der Waals surface area contributed by atoms with Gasteiger partial charge in [-0.2, -0.15) is 5.10 Å². The van der Waals surface area contributed by atoms with Crippen LogP contribution in [0.3, 0.4) is 0 Å². The molecule has 0 aliphatic rings. The number of fused-ring (bicyclic) bond motifs is 1. The third kappa shape index (κ3) is 6.30. The van der Waals surface area contributed by atoms with Gasteiger partial charge >= 0.3 is 0 Å². The van der Waals surface area contributed by atoms with Gasteiger partial charge in [0.2, 0.25) is 0 Å². The number of pyridine rings is 1. The molecule has 0 saturated carbocycles. The number of nitrogens with one attached hydrogen (secondary N) is 1. The molecular formula is C33H29N3O3. The Bertz CT molecular complexity index is 1610. The van der Waals surface area contributed by atoms with Crippen molar-refractivity contribution in [3.8, 4) is 22.8 Å². The number of rotatable bonds is 9. The van der Waals surface area contributed by atoms with Gasteiger partial charge in [0.1, 0.15) is 6.61 Å². The van der Waals surface area contributed by atoms with E-state index in [1.807, 2.05) is 91.9 Å². The molecule has 1 aromatic heterocycles. The van der Waals surface area contributed by atoms with Gasteiger partial charge in [-0.15, -0.1) is 0 Å². The highest BCUT2D eigenvalue weighted by Crippen LogP contribution is 2.29. The number of aryl methyl sites for hydroxylation is 1. The first-order valence-corrected chi connectivity index (χ1v) is 12.8. The van der Waals surface area contributed by atoms with E-state index in [9.17, 15) is 4.79 Å². The summed E-state index contributed by atoms with van der Waals surface area (Å²) in [5.74, 6) is 0.952. The molecule has 1 heterocycles. The molecule has 4 aromatic carbocycles. The fraction of sp³-hybridized carbons (Fsp3) is 0.121. The molecule has 0 unspecified atom stereocenters. The average molecular weight is 516 g/mol. The Morgan fingerprint density at radius 3 is 2.44 bits per heavy atom. The standard InChI is InChI=1S/C33H29N3O3/c1-3-38-32-19-25(17-18-31(32)39-22-24-15-13-23(2)14-16-24)21-34-36-33(37)28-20-30(26-9-5-4-6-10-26)35-29-12-8-7-11-27(28)29/h4-21H,3,22H2,1-2H3,(H,36,37)/b34-21+. The third-order valence-electron chi connectivity index (χ3n) is 6.19. The van der Waals surface area contributed by atoms with Crippen LogP contribution in [-0.2, 0) is 6.61 Å². The predicted octanol–water partition coefficient (Wildman–Crippen LogP) is 6.95. The Hall–Kier alpha value is -4.97. The largest absolute Gasteiger partial charge is 0.490 e. The fourth-order valence-corrected chi connectivity index (χ4v) is 4.18. The van der Waals surface area contributed by atoms with Gasteiger partial charge in [0, 0.05) is 10.9 Å². The second-order valence-corrected chi connectivity index (χ2v) is 9.05. The molecule has 5 rings (SSSR count). The molecule has 6 heteroatoms. The normalized spacial score (nSPS) is 11.0. The second kappa shape index (κ2) is 12.0. The first-order chi connectivity index (χ1) is 19.1. The molecule has 0 aliphatic carbocycles. The minimum atomic E-state index is -0.315. The van der Waals surface area contributed by atoms with Crippen LogP contribution in [0.25, 0.3) is 22.2 Å². The zero-order valence-electron chi connectivity index (χ0n) is 21.9. The van der Waals surface area contributed by atoms with Crippen molar-refractivity contribution in [3.05, 3.63) is 125 Å². The van der Waals surface area contributed by atoms with Crippen LogP contribution in [0.2, 0.25) is 0 Å². The number of benzene rings is 4. The first-order valence-electron chi connectivity index (χ1n) is 12.8. The van der Waals surface area contributed by atoms with Gasteiger partial charge in [-0.3, -0.25) is 4.79 Å². The number of carbonyl (C=O) groups excluding carboxylic acids is 1. The maximum absolute atomic E-state index is 13.2. The minimum Gasteiger partial charge on any atom is -0.490 e. The number of nitrogens with zero attached hydrogens (tertiary/aromatic N) is 2. The molecule has 0 bridgehead atoms. The minimum absolute atomic E-state index is 0.315. The zero-order chi connectivity index (χ0) is 27.0. The Kier molecular flexibility index (Phi) is 7.93. The van der Waals surface area contributed by atoms with E-state index in [4.69, 9.17) is 14.5 Å². The predicted molar refractivity (Wildman–Crippen MR) is 155 cm³/mol. The number of ether oxygens (including phenoxy) is 2. The number of amides is 1. The molecule has 0 aliphatic heterocycles. The van der Waals surface area contributed by atoms with Gasteiger partial charge in [0.25, 0.3) is 5.91 Å². The van der Waals surface area contributed by atoms with Crippen molar-refractivity contribution in [2.45, 2.75) is 20.5 Å². The van der Waals surface area contributed by atoms with Crippen LogP contribution in [0.4, 0.5) is 0 Å². The van der Waals surface area contributed by atoms with Gasteiger partial charge < -0.3 is 9.47 Å². The van der Waals surface area contributed by atoms with E-state index in [0.29, 0.717) is 30.3 Å². The van der Waals surface area contributed by atoms with Gasteiger partial charge in [0.15, 0.2) is 11.5 Å². The lowest BCUT2D eigenvalue weighted by molar-refractivity contribution is 0.0956. The zero-order valence-corrected chi connectivity index (χ0v) is 21.9. The summed E-state index contributed by atoms with van der Waals surface area (Å²) < 4.78 is 11.8. The van der Waals surface area contributed by atoms with Crippen molar-refractivity contribution in [3.63, 3.8) is 0 Å². The number of carbonyl (C=O) groups is 1. The van der Waals surface area contributed by atoms with Gasteiger partial charge in [0.05, 0.1) is 29.6 Å². The van der Waals surface area contributed by atoms with Crippen molar-refractivity contribution in [2.24, 2.45) is 5.10 Å². The molecule has 0 fully saturated rings. The number of hydrogen-bond acceptors (Lipinski definition) is 5. The van der Waals surface area contributed by atoms with Crippen molar-refractivity contribution in [1.82, 2.24) is 10.4 Å². The Balaban J connectivity index is 1.32. The van der Waals surface area contributed by atoms with E-state index in [1.165, 1.54) is 5.56 Å². The summed E-state index contributed by atoms with van der Waals surface area (Å²) >= 11 is 0. The lowest BCUT2D eigenvalue weighted by atomic mass is 10.0. The lowest BCUT2D eigenvalue weighted by Gasteiger charge is -2.13. The number of hydrogen-bond donors (Lipinski definition) is 1. The quantitative estimate of drug-likeness (QED) is 0.170. The van der Waals surface area contributed by atoms with Crippen LogP contribution >= 0.6 is 0 Å². The van der Waals surface area contributed by atoms with E-state index in [1.54, 1.807) is 12.3 Å². The highest BCUT2D eigenvalue weighted by molar-refractivity contribution is 6.07. The summed E-state index contributed by atoms with van der Waals surface area (Å²) in [5, 5.41) is 4.98. The molecule has 0 saturated heterocycles. The van der Waals surface area contributed by atoms with E-state index in [0.717, 1.165) is 33.3 Å². The number of para-hydroxylation sites is 1. The van der Waals surface area contributed by atoms with Gasteiger partial charge in [-0.1, -0.05) is 78.4 Å². The summed E-state index contributed by atoms with van der Waals surface area (Å²) in [6, 6.07) is 33.0. The first kappa shape index (κ1) is 25.7. The van der Waals surface area contributed by atoms with E-state index >= 15 is 0 Å². The highest BCUT2D eigenvalue weighted by atomic mass is 16.5. The molecule has 0 spiro atoms. The summed E-state index contributed by atoms with van der Waals surface area (Å²) in [6.45, 7) is 4.92. The summed E-state index contributed by atoms with van der Waals surface area (Å²) in [5.41, 5.74) is 8.64. The Morgan fingerprint density at radius 2 is 1.64 bits per heavy atom. The number of aromatic nitrogens is 1. The average Bonchev–Trinajstić information content (AvgIpc) is 2.97. The number of hydrazone groups is 1. The van der Waals surface area contributed by atoms with Crippen molar-refractivity contribution in [2.75, 3.05) is 6.61 Å². The molecule has 1 amide bonds. The van der Waals surface area contributed by atoms with Crippen LogP contribution in [-0.4, -0.2) is 23.7 Å². The monoisotopic (exact) mass is 515 g/mol. The highest BCUT2D eigenvalue weighted by Gasteiger charge is 2.14. The summed E-state index contributed by atoms with van der Waals surface area (Å²) in [7, 11) is 0. The SMILES string of the molecule is CCOc1cc(/C=N/NC(=O)c2cc(-c3ccccc3)nc3ccccc23)ccc1OCc1ccc(C)cc1. The van der Waals surface area contributed by atoms with Crippen LogP contribution in [0, 0.1) is 6.92 Å². The molecular weight excluding hydrogens is 486 g/mol. The topological polar surface area (TPSA) is 72.8 Å². The lowest BCUT2D eigenvalue weighted by Crippen LogP contribution is -2.18. The van der Waals surface area contributed by atoms with Crippen molar-refractivity contribution < 1.29 is 14.3 Å². The smallest absolute Gasteiger partial charge is 0.272 e. The molecule has 6 nitrogen and oxygen atoms in total. The van der Waals surface area contributed by atoms with E-state index in [-0.39, 0.29) is 5.91 Å². The maximum Gasteiger partial charge on any atom is 0.272 e. The summed E-state index contributed by atoms with van der Waals surface area (Å²) in [4.78, 5) is 17.9. The Labute approximate surface area is 227 Å². The Morgan fingerprint density at radius 1 is 0.872 bits per heavy atom. The van der Waals surface area contributed by atoms with Crippen molar-refractivity contribution >= 4 is 23.0 Å². The molecule has 194 valence electrons. The van der Waals surface area contributed by atoms with E-state index < -0.39 is 0 Å². The molecule has 39 heavy (non-hydrogen) atoms. The van der Waals surface area contributed by atoms with Crippen LogP contribution in [0.15, 0.2) is 108 Å². The van der Waals surface area contributed by atoms with E-state index in [2.05, 4.69) is 29.6 Å². The molecule has 0 atom stereocenters. The molecule has 0 radical (unpaired) electrons.